The average Bonchev–Trinajstić information content (AvgIpc) is 2.45. The summed E-state index contributed by atoms with van der Waals surface area (Å²) < 4.78 is 0. The maximum atomic E-state index is 11.9. The fourth-order valence-electron chi connectivity index (χ4n) is 1.99. The summed E-state index contributed by atoms with van der Waals surface area (Å²) >= 11 is 11.8. The number of halogens is 2. The average molecular weight is 324 g/mol. The molecule has 2 rings (SSSR count). The van der Waals surface area contributed by atoms with E-state index in [1.54, 1.807) is 18.2 Å². The Morgan fingerprint density at radius 3 is 2.48 bits per heavy atom. The number of nitrogens with one attached hydrogen (secondary N) is 1. The van der Waals surface area contributed by atoms with Gasteiger partial charge in [-0.25, -0.2) is 0 Å². The third kappa shape index (κ3) is 5.05. The van der Waals surface area contributed by atoms with Crippen LogP contribution >= 0.6 is 23.2 Å². The van der Waals surface area contributed by atoms with Gasteiger partial charge < -0.3 is 10.6 Å². The lowest BCUT2D eigenvalue weighted by molar-refractivity contribution is -0.682. The van der Waals surface area contributed by atoms with Crippen LogP contribution < -0.4 is 10.6 Å². The van der Waals surface area contributed by atoms with Gasteiger partial charge in [0.15, 0.2) is 6.54 Å². The molecule has 0 saturated heterocycles. The van der Waals surface area contributed by atoms with Crippen LogP contribution in [0.15, 0.2) is 48.5 Å². The second-order valence-electron chi connectivity index (χ2n) is 4.84. The number of anilines is 1. The van der Waals surface area contributed by atoms with E-state index < -0.39 is 0 Å². The monoisotopic (exact) mass is 323 g/mol. The number of carbonyl (C=O) groups excluding carboxylic acids is 1. The molecule has 0 fully saturated rings. The fraction of sp³-hybridized carbons (Fsp3) is 0.188. The van der Waals surface area contributed by atoms with Crippen LogP contribution in [-0.4, -0.2) is 12.5 Å². The van der Waals surface area contributed by atoms with E-state index in [4.69, 9.17) is 23.2 Å². The van der Waals surface area contributed by atoms with Gasteiger partial charge in [0.2, 0.25) is 0 Å². The van der Waals surface area contributed by atoms with E-state index in [0.717, 1.165) is 5.56 Å². The molecule has 0 radical (unpaired) electrons. The highest BCUT2D eigenvalue weighted by Crippen LogP contribution is 2.15. The standard InChI is InChI=1S/C16H16Cl2N2O/c1-11(12-4-2-5-13(17)8-12)19-10-16(21)20-15-7-3-6-14(18)9-15/h2-9,11,19H,10H2,1H3,(H,20,21)/p+1/t11-/m1/s1. The molecule has 0 aliphatic heterocycles. The second-order valence-corrected chi connectivity index (χ2v) is 5.71. The van der Waals surface area contributed by atoms with E-state index in [9.17, 15) is 4.79 Å². The van der Waals surface area contributed by atoms with E-state index in [1.807, 2.05) is 42.6 Å². The summed E-state index contributed by atoms with van der Waals surface area (Å²) in [5.41, 5.74) is 1.80. The van der Waals surface area contributed by atoms with Crippen molar-refractivity contribution >= 4 is 34.8 Å². The van der Waals surface area contributed by atoms with Gasteiger partial charge in [-0.3, -0.25) is 4.79 Å². The number of nitrogens with two attached hydrogens (primary N) is 1. The Bertz CT molecular complexity index is 631. The second kappa shape index (κ2) is 7.46. The Morgan fingerprint density at radius 1 is 1.14 bits per heavy atom. The van der Waals surface area contributed by atoms with E-state index in [0.29, 0.717) is 22.3 Å². The summed E-state index contributed by atoms with van der Waals surface area (Å²) in [6.07, 6.45) is 0. The third-order valence-corrected chi connectivity index (χ3v) is 3.61. The van der Waals surface area contributed by atoms with E-state index in [1.165, 1.54) is 0 Å². The molecule has 3 nitrogen and oxygen atoms in total. The molecule has 5 heteroatoms. The van der Waals surface area contributed by atoms with Gasteiger partial charge in [0, 0.05) is 21.3 Å². The molecule has 110 valence electrons. The first kappa shape index (κ1) is 15.8. The molecule has 0 spiro atoms. The van der Waals surface area contributed by atoms with Gasteiger partial charge >= 0.3 is 0 Å². The normalized spacial score (nSPS) is 12.0. The fourth-order valence-corrected chi connectivity index (χ4v) is 2.38. The number of hydrogen-bond acceptors (Lipinski definition) is 1. The molecule has 2 aromatic rings. The zero-order chi connectivity index (χ0) is 15.2. The summed E-state index contributed by atoms with van der Waals surface area (Å²) in [6.45, 7) is 2.37. The molecule has 2 aromatic carbocycles. The number of carbonyl (C=O) groups is 1. The van der Waals surface area contributed by atoms with Crippen LogP contribution in [0.5, 0.6) is 0 Å². The van der Waals surface area contributed by atoms with E-state index in [-0.39, 0.29) is 11.9 Å². The van der Waals surface area contributed by atoms with Gasteiger partial charge in [-0.05, 0) is 37.3 Å². The molecule has 21 heavy (non-hydrogen) atoms. The van der Waals surface area contributed by atoms with Crippen LogP contribution in [0.2, 0.25) is 10.0 Å². The first-order valence-electron chi connectivity index (χ1n) is 6.69. The van der Waals surface area contributed by atoms with Crippen molar-refractivity contribution in [2.75, 3.05) is 11.9 Å². The highest BCUT2D eigenvalue weighted by Gasteiger charge is 2.12. The quantitative estimate of drug-likeness (QED) is 0.871. The Morgan fingerprint density at radius 2 is 1.81 bits per heavy atom. The summed E-state index contributed by atoms with van der Waals surface area (Å²) in [7, 11) is 0. The molecule has 0 aliphatic carbocycles. The van der Waals surface area contributed by atoms with Crippen LogP contribution in [0.25, 0.3) is 0 Å². The number of amides is 1. The van der Waals surface area contributed by atoms with Crippen molar-refractivity contribution in [3.05, 3.63) is 64.1 Å². The van der Waals surface area contributed by atoms with Crippen molar-refractivity contribution in [1.82, 2.24) is 0 Å². The molecule has 0 unspecified atom stereocenters. The molecule has 3 N–H and O–H groups in total. The Balaban J connectivity index is 1.86. The first-order chi connectivity index (χ1) is 10.0. The van der Waals surface area contributed by atoms with Crippen LogP contribution in [0.1, 0.15) is 18.5 Å². The predicted octanol–water partition coefficient (Wildman–Crippen LogP) is 3.26. The lowest BCUT2D eigenvalue weighted by Gasteiger charge is -2.11. The highest BCUT2D eigenvalue weighted by atomic mass is 35.5. The van der Waals surface area contributed by atoms with Crippen molar-refractivity contribution in [3.63, 3.8) is 0 Å². The zero-order valence-corrected chi connectivity index (χ0v) is 13.2. The molecular formula is C16H17Cl2N2O+. The van der Waals surface area contributed by atoms with Crippen LogP contribution in [0, 0.1) is 0 Å². The van der Waals surface area contributed by atoms with Gasteiger partial charge in [0.05, 0.1) is 0 Å². The highest BCUT2D eigenvalue weighted by molar-refractivity contribution is 6.31. The van der Waals surface area contributed by atoms with Gasteiger partial charge in [-0.1, -0.05) is 41.4 Å². The maximum Gasteiger partial charge on any atom is 0.279 e. The molecular weight excluding hydrogens is 307 g/mol. The van der Waals surface area contributed by atoms with Crippen molar-refractivity contribution in [2.24, 2.45) is 0 Å². The molecule has 0 heterocycles. The molecule has 1 atom stereocenters. The first-order valence-corrected chi connectivity index (χ1v) is 7.44. The minimum absolute atomic E-state index is 0.0638. The van der Waals surface area contributed by atoms with E-state index in [2.05, 4.69) is 5.32 Å². The van der Waals surface area contributed by atoms with Crippen LogP contribution in [0.3, 0.4) is 0 Å². The Hall–Kier alpha value is -1.55. The Kier molecular flexibility index (Phi) is 5.62. The number of quaternary nitrogens is 1. The molecule has 1 amide bonds. The van der Waals surface area contributed by atoms with Crippen LogP contribution in [-0.2, 0) is 4.79 Å². The molecule has 0 aliphatic rings. The maximum absolute atomic E-state index is 11.9. The summed E-state index contributed by atoms with van der Waals surface area (Å²) in [6, 6.07) is 14.9. The smallest absolute Gasteiger partial charge is 0.279 e. The minimum Gasteiger partial charge on any atom is -0.333 e. The van der Waals surface area contributed by atoms with E-state index >= 15 is 0 Å². The van der Waals surface area contributed by atoms with Gasteiger partial charge in [-0.15, -0.1) is 0 Å². The SMILES string of the molecule is C[C@@H]([NH2+]CC(=O)Nc1cccc(Cl)c1)c1cccc(Cl)c1. The molecule has 0 saturated carbocycles. The van der Waals surface area contributed by atoms with Crippen molar-refractivity contribution in [3.8, 4) is 0 Å². The number of benzene rings is 2. The zero-order valence-electron chi connectivity index (χ0n) is 11.6. The summed E-state index contributed by atoms with van der Waals surface area (Å²) in [4.78, 5) is 11.9. The lowest BCUT2D eigenvalue weighted by atomic mass is 10.1. The van der Waals surface area contributed by atoms with Crippen LogP contribution in [0.4, 0.5) is 5.69 Å². The van der Waals surface area contributed by atoms with Gasteiger partial charge in [-0.2, -0.15) is 0 Å². The topological polar surface area (TPSA) is 45.7 Å². The summed E-state index contributed by atoms with van der Waals surface area (Å²) in [5.74, 6) is -0.0638. The van der Waals surface area contributed by atoms with Crippen molar-refractivity contribution < 1.29 is 10.1 Å². The van der Waals surface area contributed by atoms with Gasteiger partial charge in [0.1, 0.15) is 6.04 Å². The largest absolute Gasteiger partial charge is 0.333 e. The predicted molar refractivity (Wildman–Crippen MR) is 86.7 cm³/mol. The van der Waals surface area contributed by atoms with Gasteiger partial charge in [0.25, 0.3) is 5.91 Å². The number of hydrogen-bond donors (Lipinski definition) is 2. The van der Waals surface area contributed by atoms with Crippen molar-refractivity contribution in [1.29, 1.82) is 0 Å². The third-order valence-electron chi connectivity index (χ3n) is 3.14. The lowest BCUT2D eigenvalue weighted by Crippen LogP contribution is -2.86. The molecule has 0 aromatic heterocycles. The minimum atomic E-state index is -0.0638. The summed E-state index contributed by atoms with van der Waals surface area (Å²) in [5, 5.41) is 6.09. The Labute approximate surface area is 134 Å². The number of rotatable bonds is 5. The van der Waals surface area contributed by atoms with Crippen molar-refractivity contribution in [2.45, 2.75) is 13.0 Å². The molecule has 0 bridgehead atoms.